The van der Waals surface area contributed by atoms with E-state index in [0.717, 1.165) is 23.2 Å². The molecular weight excluding hydrogens is 288 g/mol. The van der Waals surface area contributed by atoms with Crippen molar-refractivity contribution >= 4 is 5.91 Å². The van der Waals surface area contributed by atoms with Crippen LogP contribution in [0.1, 0.15) is 11.1 Å². The third-order valence-corrected chi connectivity index (χ3v) is 3.53. The fraction of sp³-hybridized carbons (Fsp3) is 0.316. The summed E-state index contributed by atoms with van der Waals surface area (Å²) in [5, 5.41) is 2.88. The molecule has 122 valence electrons. The van der Waals surface area contributed by atoms with Crippen LogP contribution in [0.2, 0.25) is 0 Å². The summed E-state index contributed by atoms with van der Waals surface area (Å²) in [4.78, 5) is 13.7. The summed E-state index contributed by atoms with van der Waals surface area (Å²) in [5.41, 5.74) is 4.67. The van der Waals surface area contributed by atoms with E-state index >= 15 is 0 Å². The fourth-order valence-electron chi connectivity index (χ4n) is 2.49. The maximum atomic E-state index is 11.6. The van der Waals surface area contributed by atoms with Gasteiger partial charge in [-0.1, -0.05) is 48.5 Å². The van der Waals surface area contributed by atoms with E-state index in [1.54, 1.807) is 0 Å². The maximum absolute atomic E-state index is 11.6. The molecule has 0 aliphatic heterocycles. The molecule has 2 rings (SSSR count). The van der Waals surface area contributed by atoms with Crippen molar-refractivity contribution in [3.05, 3.63) is 59.7 Å². The number of rotatable bonds is 7. The molecule has 0 atom stereocenters. The minimum atomic E-state index is -0.108. The van der Waals surface area contributed by atoms with Crippen LogP contribution >= 0.6 is 0 Å². The quantitative estimate of drug-likeness (QED) is 0.854. The number of nitrogens with zero attached hydrogens (tertiary/aromatic N) is 1. The number of benzene rings is 2. The van der Waals surface area contributed by atoms with Crippen molar-refractivity contribution in [3.63, 3.8) is 0 Å². The summed E-state index contributed by atoms with van der Waals surface area (Å²) in [6.07, 6.45) is 0. The second-order valence-electron chi connectivity index (χ2n) is 5.80. The van der Waals surface area contributed by atoms with Crippen LogP contribution in [0.5, 0.6) is 0 Å². The van der Waals surface area contributed by atoms with Gasteiger partial charge in [0.15, 0.2) is 0 Å². The lowest BCUT2D eigenvalue weighted by molar-refractivity contribution is -0.124. The first kappa shape index (κ1) is 17.2. The monoisotopic (exact) mass is 312 g/mol. The van der Waals surface area contributed by atoms with Crippen LogP contribution in [0.4, 0.5) is 0 Å². The number of carbonyl (C=O) groups excluding carboxylic acids is 1. The average Bonchev–Trinajstić information content (AvgIpc) is 2.54. The van der Waals surface area contributed by atoms with E-state index in [1.165, 1.54) is 12.7 Å². The third-order valence-electron chi connectivity index (χ3n) is 3.53. The van der Waals surface area contributed by atoms with Gasteiger partial charge in [0.25, 0.3) is 0 Å². The first-order valence-corrected chi connectivity index (χ1v) is 7.67. The number of nitrogens with one attached hydrogen (secondary N) is 1. The minimum Gasteiger partial charge on any atom is -0.375 e. The van der Waals surface area contributed by atoms with Crippen molar-refractivity contribution in [3.8, 4) is 11.1 Å². The van der Waals surface area contributed by atoms with Crippen LogP contribution in [0, 0.1) is 0 Å². The summed E-state index contributed by atoms with van der Waals surface area (Å²) in [7, 11) is 5.64. The minimum absolute atomic E-state index is 0.0847. The summed E-state index contributed by atoms with van der Waals surface area (Å²) in [6.45, 7) is 1.51. The van der Waals surface area contributed by atoms with Crippen LogP contribution in [-0.4, -0.2) is 38.6 Å². The number of amides is 1. The summed E-state index contributed by atoms with van der Waals surface area (Å²) < 4.78 is 4.84. The summed E-state index contributed by atoms with van der Waals surface area (Å²) in [6, 6.07) is 16.7. The van der Waals surface area contributed by atoms with Crippen LogP contribution in [0.25, 0.3) is 11.1 Å². The lowest BCUT2D eigenvalue weighted by atomic mass is 9.98. The van der Waals surface area contributed by atoms with Gasteiger partial charge in [-0.15, -0.1) is 0 Å². The van der Waals surface area contributed by atoms with Crippen molar-refractivity contribution in [2.45, 2.75) is 13.1 Å². The fourth-order valence-corrected chi connectivity index (χ4v) is 2.49. The molecule has 2 aromatic rings. The number of hydrogen-bond donors (Lipinski definition) is 1. The van der Waals surface area contributed by atoms with Gasteiger partial charge in [0, 0.05) is 20.2 Å². The molecule has 0 radical (unpaired) electrons. The molecule has 0 aliphatic carbocycles. The first-order chi connectivity index (χ1) is 11.1. The molecule has 2 aromatic carbocycles. The standard InChI is InChI=1S/C19H24N2O2/c1-21(2)13-15-8-10-16(11-9-15)18-7-5-4-6-17(18)12-20-19(22)14-23-3/h4-11H,12-14H2,1-3H3,(H,20,22). The van der Waals surface area contributed by atoms with E-state index in [4.69, 9.17) is 4.74 Å². The van der Waals surface area contributed by atoms with Gasteiger partial charge in [0.2, 0.25) is 5.91 Å². The molecule has 0 heterocycles. The number of carbonyl (C=O) groups is 1. The Hall–Kier alpha value is -2.17. The van der Waals surface area contributed by atoms with Crippen LogP contribution in [0.15, 0.2) is 48.5 Å². The van der Waals surface area contributed by atoms with E-state index in [9.17, 15) is 4.79 Å². The molecule has 4 nitrogen and oxygen atoms in total. The van der Waals surface area contributed by atoms with Gasteiger partial charge in [-0.3, -0.25) is 4.79 Å². The van der Waals surface area contributed by atoms with Gasteiger partial charge in [0.1, 0.15) is 6.61 Å². The maximum Gasteiger partial charge on any atom is 0.246 e. The predicted molar refractivity (Wildman–Crippen MR) is 93.0 cm³/mol. The Morgan fingerprint density at radius 2 is 1.78 bits per heavy atom. The molecule has 0 aliphatic rings. The Balaban J connectivity index is 2.14. The topological polar surface area (TPSA) is 41.6 Å². The van der Waals surface area contributed by atoms with Gasteiger partial charge in [-0.2, -0.15) is 0 Å². The largest absolute Gasteiger partial charge is 0.375 e. The van der Waals surface area contributed by atoms with E-state index in [1.807, 2.05) is 18.2 Å². The molecule has 1 amide bonds. The Kier molecular flexibility index (Phi) is 6.32. The molecule has 0 saturated heterocycles. The Morgan fingerprint density at radius 3 is 2.43 bits per heavy atom. The SMILES string of the molecule is COCC(=O)NCc1ccccc1-c1ccc(CN(C)C)cc1. The molecule has 0 saturated carbocycles. The van der Waals surface area contributed by atoms with Gasteiger partial charge in [-0.05, 0) is 36.3 Å². The Bertz CT molecular complexity index is 636. The smallest absolute Gasteiger partial charge is 0.246 e. The summed E-state index contributed by atoms with van der Waals surface area (Å²) in [5.74, 6) is -0.108. The average molecular weight is 312 g/mol. The van der Waals surface area contributed by atoms with E-state index < -0.39 is 0 Å². The zero-order valence-electron chi connectivity index (χ0n) is 14.0. The van der Waals surface area contributed by atoms with Crippen LogP contribution in [-0.2, 0) is 22.6 Å². The van der Waals surface area contributed by atoms with Crippen molar-refractivity contribution in [1.82, 2.24) is 10.2 Å². The zero-order valence-corrected chi connectivity index (χ0v) is 14.0. The zero-order chi connectivity index (χ0) is 16.7. The van der Waals surface area contributed by atoms with Gasteiger partial charge in [-0.25, -0.2) is 0 Å². The van der Waals surface area contributed by atoms with E-state index in [2.05, 4.69) is 54.6 Å². The Morgan fingerprint density at radius 1 is 1.09 bits per heavy atom. The molecule has 1 N–H and O–H groups in total. The number of hydrogen-bond acceptors (Lipinski definition) is 3. The highest BCUT2D eigenvalue weighted by molar-refractivity contribution is 5.77. The third kappa shape index (κ3) is 5.20. The lowest BCUT2D eigenvalue weighted by Crippen LogP contribution is -2.26. The van der Waals surface area contributed by atoms with Crippen molar-refractivity contribution < 1.29 is 9.53 Å². The second-order valence-corrected chi connectivity index (χ2v) is 5.80. The second kappa shape index (κ2) is 8.46. The number of methoxy groups -OCH3 is 1. The molecule has 0 unspecified atom stereocenters. The molecule has 0 spiro atoms. The van der Waals surface area contributed by atoms with Crippen LogP contribution < -0.4 is 5.32 Å². The molecule has 23 heavy (non-hydrogen) atoms. The normalized spacial score (nSPS) is 10.8. The molecule has 4 heteroatoms. The highest BCUT2D eigenvalue weighted by Crippen LogP contribution is 2.24. The Labute approximate surface area is 138 Å². The van der Waals surface area contributed by atoms with E-state index in [-0.39, 0.29) is 12.5 Å². The van der Waals surface area contributed by atoms with Crippen LogP contribution in [0.3, 0.4) is 0 Å². The highest BCUT2D eigenvalue weighted by atomic mass is 16.5. The first-order valence-electron chi connectivity index (χ1n) is 7.67. The molecule has 0 fully saturated rings. The van der Waals surface area contributed by atoms with Gasteiger partial charge < -0.3 is 15.0 Å². The van der Waals surface area contributed by atoms with Crippen molar-refractivity contribution in [1.29, 1.82) is 0 Å². The van der Waals surface area contributed by atoms with Crippen molar-refractivity contribution in [2.24, 2.45) is 0 Å². The predicted octanol–water partition coefficient (Wildman–Crippen LogP) is 2.68. The summed E-state index contributed by atoms with van der Waals surface area (Å²) >= 11 is 0. The van der Waals surface area contributed by atoms with Gasteiger partial charge in [0.05, 0.1) is 0 Å². The lowest BCUT2D eigenvalue weighted by Gasteiger charge is -2.13. The molecule has 0 aromatic heterocycles. The number of ether oxygens (including phenoxy) is 1. The highest BCUT2D eigenvalue weighted by Gasteiger charge is 2.07. The van der Waals surface area contributed by atoms with E-state index in [0.29, 0.717) is 6.54 Å². The molecule has 0 bridgehead atoms. The van der Waals surface area contributed by atoms with Gasteiger partial charge >= 0.3 is 0 Å². The molecular formula is C19H24N2O2. The van der Waals surface area contributed by atoms with Crippen molar-refractivity contribution in [2.75, 3.05) is 27.8 Å².